The first-order chi connectivity index (χ1) is 10.2. The van der Waals surface area contributed by atoms with Crippen LogP contribution in [0.3, 0.4) is 0 Å². The predicted molar refractivity (Wildman–Crippen MR) is 77.0 cm³/mol. The van der Waals surface area contributed by atoms with Crippen molar-refractivity contribution in [3.8, 4) is 5.75 Å². The van der Waals surface area contributed by atoms with Gasteiger partial charge in [-0.1, -0.05) is 18.2 Å². The molecule has 0 spiro atoms. The Hall–Kier alpha value is -2.89. The molecule has 2 amide bonds. The van der Waals surface area contributed by atoms with Crippen molar-refractivity contribution >= 4 is 11.8 Å². The van der Waals surface area contributed by atoms with E-state index in [4.69, 9.17) is 0 Å². The second-order valence-corrected chi connectivity index (χ2v) is 4.24. The third kappa shape index (κ3) is 4.04. The van der Waals surface area contributed by atoms with Gasteiger partial charge < -0.3 is 15.7 Å². The molecule has 0 saturated heterocycles. The fraction of sp³-hybridized carbons (Fsp3) is 0.133. The number of carbonyl (C=O) groups excluding carboxylic acids is 2. The number of phenolic OH excluding ortho intramolecular Hbond substituents is 1. The maximum absolute atomic E-state index is 11.8. The quantitative estimate of drug-likeness (QED) is 0.713. The molecule has 1 heterocycles. The second-order valence-electron chi connectivity index (χ2n) is 4.24. The highest BCUT2D eigenvalue weighted by Gasteiger charge is 2.09. The SMILES string of the molecule is O=C(NCCNC(=O)c1ccccc1O)c1ccccn1. The van der Waals surface area contributed by atoms with Crippen LogP contribution < -0.4 is 10.6 Å². The van der Waals surface area contributed by atoms with Crippen LogP contribution in [0.2, 0.25) is 0 Å². The molecule has 2 rings (SSSR count). The van der Waals surface area contributed by atoms with Gasteiger partial charge in [0.2, 0.25) is 0 Å². The zero-order valence-corrected chi connectivity index (χ0v) is 11.2. The van der Waals surface area contributed by atoms with Crippen LogP contribution in [0.25, 0.3) is 0 Å². The maximum atomic E-state index is 11.8. The van der Waals surface area contributed by atoms with Crippen LogP contribution in [0.4, 0.5) is 0 Å². The average Bonchev–Trinajstić information content (AvgIpc) is 2.52. The van der Waals surface area contributed by atoms with E-state index < -0.39 is 0 Å². The van der Waals surface area contributed by atoms with Crippen molar-refractivity contribution in [3.63, 3.8) is 0 Å². The van der Waals surface area contributed by atoms with Gasteiger partial charge in [0, 0.05) is 19.3 Å². The van der Waals surface area contributed by atoms with Crippen LogP contribution in [0.1, 0.15) is 20.8 Å². The lowest BCUT2D eigenvalue weighted by molar-refractivity contribution is 0.0923. The van der Waals surface area contributed by atoms with E-state index in [-0.39, 0.29) is 36.2 Å². The van der Waals surface area contributed by atoms with Crippen LogP contribution in [-0.4, -0.2) is 35.0 Å². The first-order valence-corrected chi connectivity index (χ1v) is 6.44. The minimum atomic E-state index is -0.389. The number of aromatic nitrogens is 1. The Labute approximate surface area is 121 Å². The van der Waals surface area contributed by atoms with Gasteiger partial charge in [-0.3, -0.25) is 14.6 Å². The molecule has 0 bridgehead atoms. The Morgan fingerprint density at radius 1 is 0.952 bits per heavy atom. The summed E-state index contributed by atoms with van der Waals surface area (Å²) >= 11 is 0. The number of hydrogen-bond donors (Lipinski definition) is 3. The summed E-state index contributed by atoms with van der Waals surface area (Å²) in [4.78, 5) is 27.4. The summed E-state index contributed by atoms with van der Waals surface area (Å²) in [7, 11) is 0. The molecule has 0 aliphatic rings. The van der Waals surface area contributed by atoms with Crippen LogP contribution in [0.5, 0.6) is 5.75 Å². The smallest absolute Gasteiger partial charge is 0.269 e. The summed E-state index contributed by atoms with van der Waals surface area (Å²) in [5, 5.41) is 14.8. The molecule has 6 nitrogen and oxygen atoms in total. The zero-order chi connectivity index (χ0) is 15.1. The Morgan fingerprint density at radius 3 is 2.29 bits per heavy atom. The fourth-order valence-corrected chi connectivity index (χ4v) is 1.70. The monoisotopic (exact) mass is 285 g/mol. The predicted octanol–water partition coefficient (Wildman–Crippen LogP) is 0.947. The van der Waals surface area contributed by atoms with E-state index in [1.165, 1.54) is 18.3 Å². The van der Waals surface area contributed by atoms with E-state index >= 15 is 0 Å². The largest absolute Gasteiger partial charge is 0.507 e. The summed E-state index contributed by atoms with van der Waals surface area (Å²) in [5.41, 5.74) is 0.526. The number of aromatic hydroxyl groups is 1. The van der Waals surface area contributed by atoms with Gasteiger partial charge in [-0.15, -0.1) is 0 Å². The van der Waals surface area contributed by atoms with E-state index in [2.05, 4.69) is 15.6 Å². The number of nitrogens with one attached hydrogen (secondary N) is 2. The minimum absolute atomic E-state index is 0.0764. The van der Waals surface area contributed by atoms with Gasteiger partial charge in [0.1, 0.15) is 11.4 Å². The molecule has 1 aromatic heterocycles. The van der Waals surface area contributed by atoms with Crippen molar-refractivity contribution in [2.75, 3.05) is 13.1 Å². The van der Waals surface area contributed by atoms with Gasteiger partial charge in [0.05, 0.1) is 5.56 Å². The number of para-hydroxylation sites is 1. The first-order valence-electron chi connectivity index (χ1n) is 6.44. The molecule has 1 aromatic carbocycles. The molecule has 3 N–H and O–H groups in total. The lowest BCUT2D eigenvalue weighted by atomic mass is 10.2. The van der Waals surface area contributed by atoms with Crippen molar-refractivity contribution in [3.05, 3.63) is 59.9 Å². The molecule has 0 aliphatic carbocycles. The molecule has 6 heteroatoms. The zero-order valence-electron chi connectivity index (χ0n) is 11.2. The highest BCUT2D eigenvalue weighted by molar-refractivity contribution is 5.96. The summed E-state index contributed by atoms with van der Waals surface area (Å²) < 4.78 is 0. The number of carbonyl (C=O) groups is 2. The van der Waals surface area contributed by atoms with Crippen molar-refractivity contribution in [1.29, 1.82) is 0 Å². The van der Waals surface area contributed by atoms with E-state index in [1.54, 1.807) is 30.3 Å². The van der Waals surface area contributed by atoms with Gasteiger partial charge >= 0.3 is 0 Å². The Bertz CT molecular complexity index is 629. The van der Waals surface area contributed by atoms with Crippen molar-refractivity contribution in [2.24, 2.45) is 0 Å². The van der Waals surface area contributed by atoms with Gasteiger partial charge in [-0.2, -0.15) is 0 Å². The van der Waals surface area contributed by atoms with Gasteiger partial charge in [-0.05, 0) is 24.3 Å². The highest BCUT2D eigenvalue weighted by Crippen LogP contribution is 2.14. The molecule has 0 atom stereocenters. The van der Waals surface area contributed by atoms with Gasteiger partial charge in [0.25, 0.3) is 11.8 Å². The molecule has 2 aromatic rings. The average molecular weight is 285 g/mol. The summed E-state index contributed by atoms with van der Waals surface area (Å²) in [6, 6.07) is 11.3. The number of benzene rings is 1. The van der Waals surface area contributed by atoms with E-state index in [1.807, 2.05) is 0 Å². The molecular formula is C15H15N3O3. The lowest BCUT2D eigenvalue weighted by Crippen LogP contribution is -2.35. The van der Waals surface area contributed by atoms with E-state index in [0.717, 1.165) is 0 Å². The van der Waals surface area contributed by atoms with Crippen LogP contribution in [-0.2, 0) is 0 Å². The van der Waals surface area contributed by atoms with Crippen molar-refractivity contribution in [1.82, 2.24) is 15.6 Å². The topological polar surface area (TPSA) is 91.3 Å². The molecule has 0 radical (unpaired) electrons. The maximum Gasteiger partial charge on any atom is 0.269 e. The fourth-order valence-electron chi connectivity index (χ4n) is 1.70. The number of hydrogen-bond acceptors (Lipinski definition) is 4. The number of pyridine rings is 1. The number of rotatable bonds is 5. The summed E-state index contributed by atoms with van der Waals surface area (Å²) in [5.74, 6) is -0.764. The molecule has 0 fully saturated rings. The Balaban J connectivity index is 1.76. The van der Waals surface area contributed by atoms with Crippen LogP contribution >= 0.6 is 0 Å². The lowest BCUT2D eigenvalue weighted by Gasteiger charge is -2.07. The minimum Gasteiger partial charge on any atom is -0.507 e. The third-order valence-electron chi connectivity index (χ3n) is 2.74. The normalized spacial score (nSPS) is 9.90. The van der Waals surface area contributed by atoms with E-state index in [9.17, 15) is 14.7 Å². The standard InChI is InChI=1S/C15H15N3O3/c19-13-7-2-1-5-11(13)14(20)17-9-10-18-15(21)12-6-3-4-8-16-12/h1-8,19H,9-10H2,(H,17,20)(H,18,21). The Morgan fingerprint density at radius 2 is 1.62 bits per heavy atom. The van der Waals surface area contributed by atoms with Crippen LogP contribution in [0.15, 0.2) is 48.7 Å². The summed E-state index contributed by atoms with van der Waals surface area (Å²) in [6.07, 6.45) is 1.54. The molecule has 0 saturated carbocycles. The molecule has 0 aliphatic heterocycles. The molecular weight excluding hydrogens is 270 g/mol. The molecule has 21 heavy (non-hydrogen) atoms. The number of amides is 2. The number of nitrogens with zero attached hydrogens (tertiary/aromatic N) is 1. The van der Waals surface area contributed by atoms with Gasteiger partial charge in [-0.25, -0.2) is 0 Å². The van der Waals surface area contributed by atoms with Gasteiger partial charge in [0.15, 0.2) is 0 Å². The Kier molecular flexibility index (Phi) is 4.87. The summed E-state index contributed by atoms with van der Waals surface area (Å²) in [6.45, 7) is 0.528. The third-order valence-corrected chi connectivity index (χ3v) is 2.74. The van der Waals surface area contributed by atoms with E-state index in [0.29, 0.717) is 5.69 Å². The first kappa shape index (κ1) is 14.5. The second kappa shape index (κ2) is 7.04. The molecule has 108 valence electrons. The van der Waals surface area contributed by atoms with Crippen LogP contribution in [0, 0.1) is 0 Å². The van der Waals surface area contributed by atoms with Crippen molar-refractivity contribution < 1.29 is 14.7 Å². The highest BCUT2D eigenvalue weighted by atomic mass is 16.3. The van der Waals surface area contributed by atoms with Crippen molar-refractivity contribution in [2.45, 2.75) is 0 Å². The number of phenols is 1. The molecule has 0 unspecified atom stereocenters.